The Morgan fingerprint density at radius 1 is 1.50 bits per heavy atom. The first-order valence-electron chi connectivity index (χ1n) is 2.53. The highest BCUT2D eigenvalue weighted by molar-refractivity contribution is 5.70. The summed E-state index contributed by atoms with van der Waals surface area (Å²) >= 11 is 0. The Hall–Kier alpha value is -0.660. The van der Waals surface area contributed by atoms with Crippen LogP contribution in [0.1, 0.15) is 13.8 Å². The van der Waals surface area contributed by atoms with E-state index in [4.69, 9.17) is 0 Å². The highest BCUT2D eigenvalue weighted by Crippen LogP contribution is 2.01. The fraction of sp³-hybridized carbons (Fsp3) is 0.667. The second kappa shape index (κ2) is 2.60. The lowest BCUT2D eigenvalue weighted by atomic mass is 10.1. The van der Waals surface area contributed by atoms with Crippen molar-refractivity contribution in [1.29, 1.82) is 0 Å². The van der Waals surface area contributed by atoms with Crippen molar-refractivity contribution >= 4 is 12.9 Å². The number of hydrogen-bond donors (Lipinski definition) is 0. The summed E-state index contributed by atoms with van der Waals surface area (Å²) < 4.78 is 0. The quantitative estimate of drug-likeness (QED) is 0.479. The van der Waals surface area contributed by atoms with Gasteiger partial charge in [0, 0.05) is 13.3 Å². The maximum Gasteiger partial charge on any atom is 0.0889 e. The highest BCUT2D eigenvalue weighted by atomic mass is 14.8. The van der Waals surface area contributed by atoms with Crippen LogP contribution in [0.2, 0.25) is 0 Å². The summed E-state index contributed by atoms with van der Waals surface area (Å²) in [6, 6.07) is 0. The topological polar surface area (TPSA) is 24.7 Å². The number of hydrogen-bond acceptors (Lipinski definition) is 2. The average molecular weight is 112 g/mol. The van der Waals surface area contributed by atoms with E-state index in [9.17, 15) is 0 Å². The Morgan fingerprint density at radius 3 is 2.12 bits per heavy atom. The van der Waals surface area contributed by atoms with E-state index in [0.29, 0.717) is 0 Å². The number of nitrogens with zero attached hydrogens (tertiary/aromatic N) is 2. The van der Waals surface area contributed by atoms with Crippen molar-refractivity contribution in [3.63, 3.8) is 0 Å². The first kappa shape index (κ1) is 7.34. The highest BCUT2D eigenvalue weighted by Gasteiger charge is 2.07. The van der Waals surface area contributed by atoms with Crippen molar-refractivity contribution in [3.8, 4) is 0 Å². The van der Waals surface area contributed by atoms with Gasteiger partial charge in [0.25, 0.3) is 0 Å². The van der Waals surface area contributed by atoms with Crippen LogP contribution < -0.4 is 0 Å². The van der Waals surface area contributed by atoms with Crippen molar-refractivity contribution in [2.24, 2.45) is 9.98 Å². The van der Waals surface area contributed by atoms with Crippen LogP contribution in [0.25, 0.3) is 0 Å². The van der Waals surface area contributed by atoms with E-state index in [-0.39, 0.29) is 5.54 Å². The molecular weight excluding hydrogens is 100 g/mol. The Labute approximate surface area is 50.4 Å². The van der Waals surface area contributed by atoms with Crippen molar-refractivity contribution in [2.75, 3.05) is 7.05 Å². The van der Waals surface area contributed by atoms with Gasteiger partial charge in [0.05, 0.1) is 5.54 Å². The van der Waals surface area contributed by atoms with Gasteiger partial charge in [-0.05, 0) is 20.6 Å². The summed E-state index contributed by atoms with van der Waals surface area (Å²) in [5, 5.41) is 0. The lowest BCUT2D eigenvalue weighted by Crippen LogP contribution is -2.17. The SMILES string of the molecule is C=NC(C)(C)C=NC. The molecule has 0 rings (SSSR count). The maximum absolute atomic E-state index is 3.82. The molecule has 0 saturated heterocycles. The van der Waals surface area contributed by atoms with Crippen molar-refractivity contribution in [1.82, 2.24) is 0 Å². The molecule has 0 aromatic rings. The molecule has 8 heavy (non-hydrogen) atoms. The van der Waals surface area contributed by atoms with Gasteiger partial charge in [-0.3, -0.25) is 9.98 Å². The van der Waals surface area contributed by atoms with Crippen LogP contribution >= 0.6 is 0 Å². The zero-order chi connectivity index (χ0) is 6.62. The van der Waals surface area contributed by atoms with Crippen LogP contribution in [0.3, 0.4) is 0 Å². The van der Waals surface area contributed by atoms with Gasteiger partial charge in [-0.2, -0.15) is 0 Å². The summed E-state index contributed by atoms with van der Waals surface area (Å²) in [5.41, 5.74) is -0.186. The molecule has 0 bridgehead atoms. The fourth-order valence-electron chi connectivity index (χ4n) is 0.357. The molecule has 0 saturated carbocycles. The molecule has 0 heterocycles. The third-order valence-electron chi connectivity index (χ3n) is 0.853. The molecule has 0 amide bonds. The van der Waals surface area contributed by atoms with E-state index in [2.05, 4.69) is 16.7 Å². The lowest BCUT2D eigenvalue weighted by molar-refractivity contribution is 0.723. The van der Waals surface area contributed by atoms with Gasteiger partial charge in [0.2, 0.25) is 0 Å². The first-order chi connectivity index (χ1) is 3.62. The van der Waals surface area contributed by atoms with E-state index >= 15 is 0 Å². The standard InChI is InChI=1S/C6H12N2/c1-6(2,8-4)5-7-3/h5H,4H2,1-3H3. The van der Waals surface area contributed by atoms with Crippen molar-refractivity contribution < 1.29 is 0 Å². The van der Waals surface area contributed by atoms with Gasteiger partial charge in [0.15, 0.2) is 0 Å². The molecule has 0 atom stereocenters. The van der Waals surface area contributed by atoms with Crippen LogP contribution in [0, 0.1) is 0 Å². The van der Waals surface area contributed by atoms with Crippen LogP contribution in [0.5, 0.6) is 0 Å². The minimum Gasteiger partial charge on any atom is -0.298 e. The molecule has 46 valence electrons. The molecular formula is C6H12N2. The van der Waals surface area contributed by atoms with Gasteiger partial charge in [-0.15, -0.1) is 0 Å². The minimum atomic E-state index is -0.186. The Bertz CT molecular complexity index is 103. The second-order valence-electron chi connectivity index (χ2n) is 2.20. The van der Waals surface area contributed by atoms with E-state index < -0.39 is 0 Å². The number of rotatable bonds is 2. The zero-order valence-electron chi connectivity index (χ0n) is 5.68. The molecule has 0 aromatic heterocycles. The van der Waals surface area contributed by atoms with E-state index in [1.807, 2.05) is 13.8 Å². The third-order valence-corrected chi connectivity index (χ3v) is 0.853. The Balaban J connectivity index is 3.90. The van der Waals surface area contributed by atoms with E-state index in [0.717, 1.165) is 0 Å². The molecule has 0 aromatic carbocycles. The molecule has 0 spiro atoms. The summed E-state index contributed by atoms with van der Waals surface area (Å²) in [4.78, 5) is 7.63. The molecule has 0 unspecified atom stereocenters. The monoisotopic (exact) mass is 112 g/mol. The predicted molar refractivity (Wildman–Crippen MR) is 38.0 cm³/mol. The summed E-state index contributed by atoms with van der Waals surface area (Å²) in [5.74, 6) is 0. The average Bonchev–Trinajstić information content (AvgIpc) is 1.67. The molecule has 0 aliphatic carbocycles. The van der Waals surface area contributed by atoms with E-state index in [1.165, 1.54) is 0 Å². The van der Waals surface area contributed by atoms with Gasteiger partial charge in [0.1, 0.15) is 0 Å². The Morgan fingerprint density at radius 2 is 2.00 bits per heavy atom. The van der Waals surface area contributed by atoms with Crippen LogP contribution in [0.15, 0.2) is 9.98 Å². The molecule has 0 aliphatic heterocycles. The van der Waals surface area contributed by atoms with Gasteiger partial charge >= 0.3 is 0 Å². The minimum absolute atomic E-state index is 0.186. The first-order valence-corrected chi connectivity index (χ1v) is 2.53. The summed E-state index contributed by atoms with van der Waals surface area (Å²) in [6.45, 7) is 7.31. The zero-order valence-corrected chi connectivity index (χ0v) is 5.68. The van der Waals surface area contributed by atoms with Crippen molar-refractivity contribution in [3.05, 3.63) is 0 Å². The van der Waals surface area contributed by atoms with Gasteiger partial charge in [-0.25, -0.2) is 0 Å². The summed E-state index contributed by atoms with van der Waals surface area (Å²) in [7, 11) is 1.73. The smallest absolute Gasteiger partial charge is 0.0889 e. The third kappa shape index (κ3) is 2.50. The van der Waals surface area contributed by atoms with Crippen LogP contribution in [-0.4, -0.2) is 25.5 Å². The lowest BCUT2D eigenvalue weighted by Gasteiger charge is -2.09. The Kier molecular flexibility index (Phi) is 2.38. The predicted octanol–water partition coefficient (Wildman–Crippen LogP) is 1.17. The van der Waals surface area contributed by atoms with Crippen LogP contribution in [-0.2, 0) is 0 Å². The largest absolute Gasteiger partial charge is 0.298 e. The maximum atomic E-state index is 3.82. The number of aliphatic imine (C=N–C) groups is 2. The summed E-state index contributed by atoms with van der Waals surface area (Å²) in [6.07, 6.45) is 1.76. The fourth-order valence-corrected chi connectivity index (χ4v) is 0.357. The molecule has 0 radical (unpaired) electrons. The molecule has 2 heteroatoms. The van der Waals surface area contributed by atoms with Gasteiger partial charge < -0.3 is 0 Å². The van der Waals surface area contributed by atoms with Crippen molar-refractivity contribution in [2.45, 2.75) is 19.4 Å². The van der Waals surface area contributed by atoms with Crippen LogP contribution in [0.4, 0.5) is 0 Å². The van der Waals surface area contributed by atoms with E-state index in [1.54, 1.807) is 13.3 Å². The molecule has 2 nitrogen and oxygen atoms in total. The molecule has 0 aliphatic rings. The second-order valence-corrected chi connectivity index (χ2v) is 2.20. The normalized spacial score (nSPS) is 12.4. The molecule has 0 N–H and O–H groups in total. The van der Waals surface area contributed by atoms with Gasteiger partial charge in [-0.1, -0.05) is 0 Å². The molecule has 0 fully saturated rings.